The highest BCUT2D eigenvalue weighted by molar-refractivity contribution is 6.00. The summed E-state index contributed by atoms with van der Waals surface area (Å²) >= 11 is 0. The molecule has 0 saturated heterocycles. The molecule has 1 saturated carbocycles. The van der Waals surface area contributed by atoms with Crippen LogP contribution in [0.1, 0.15) is 36.0 Å². The fraction of sp³-hybridized carbons (Fsp3) is 0.500. The normalized spacial score (nSPS) is 17.9. The molecule has 0 spiro atoms. The van der Waals surface area contributed by atoms with E-state index in [1.807, 2.05) is 18.2 Å². The third-order valence-corrected chi connectivity index (χ3v) is 3.46. The van der Waals surface area contributed by atoms with Crippen LogP contribution in [0.3, 0.4) is 0 Å². The summed E-state index contributed by atoms with van der Waals surface area (Å²) in [6.45, 7) is 1.45. The second-order valence-corrected chi connectivity index (χ2v) is 4.86. The van der Waals surface area contributed by atoms with Gasteiger partial charge in [-0.3, -0.25) is 4.79 Å². The topological polar surface area (TPSA) is 38.3 Å². The molecule has 2 aliphatic rings. The van der Waals surface area contributed by atoms with E-state index in [-0.39, 0.29) is 5.78 Å². The summed E-state index contributed by atoms with van der Waals surface area (Å²) in [6.07, 6.45) is 4.30. The molecule has 1 aromatic carbocycles. The fourth-order valence-corrected chi connectivity index (χ4v) is 2.27. The molecule has 3 nitrogen and oxygen atoms in total. The third kappa shape index (κ3) is 2.28. The van der Waals surface area contributed by atoms with Crippen molar-refractivity contribution in [3.05, 3.63) is 23.8 Å². The summed E-state index contributed by atoms with van der Waals surface area (Å²) in [7, 11) is 0. The number of rotatable bonds is 4. The lowest BCUT2D eigenvalue weighted by Gasteiger charge is -2.21. The Morgan fingerprint density at radius 1 is 1.41 bits per heavy atom. The first-order chi connectivity index (χ1) is 8.34. The average Bonchev–Trinajstić information content (AvgIpc) is 3.19. The van der Waals surface area contributed by atoms with Gasteiger partial charge in [0.15, 0.2) is 11.5 Å². The summed E-state index contributed by atoms with van der Waals surface area (Å²) in [6, 6.07) is 5.76. The lowest BCUT2D eigenvalue weighted by Crippen LogP contribution is -2.20. The number of hydrogen-bond acceptors (Lipinski definition) is 3. The van der Waals surface area contributed by atoms with Crippen molar-refractivity contribution in [2.24, 2.45) is 5.92 Å². The first kappa shape index (κ1) is 10.6. The van der Waals surface area contributed by atoms with Gasteiger partial charge in [-0.1, -0.05) is 18.9 Å². The summed E-state index contributed by atoms with van der Waals surface area (Å²) < 4.78 is 5.61. The lowest BCUT2D eigenvalue weighted by molar-refractivity contribution is 0.0974. The number of hydrogen-bond donors (Lipinski definition) is 1. The lowest BCUT2D eigenvalue weighted by atomic mass is 10.0. The van der Waals surface area contributed by atoms with Gasteiger partial charge in [-0.2, -0.15) is 0 Å². The molecule has 3 heteroatoms. The van der Waals surface area contributed by atoms with Gasteiger partial charge in [-0.15, -0.1) is 0 Å². The average molecular weight is 231 g/mol. The van der Waals surface area contributed by atoms with Crippen molar-refractivity contribution in [2.75, 3.05) is 18.5 Å². The van der Waals surface area contributed by atoms with Crippen molar-refractivity contribution in [3.8, 4) is 5.75 Å². The minimum atomic E-state index is 0.220. The van der Waals surface area contributed by atoms with Crippen LogP contribution in [0.5, 0.6) is 5.75 Å². The SMILES string of the molecule is O=C(CCC1CC1)c1cccc2c1OCCN2. The quantitative estimate of drug-likeness (QED) is 0.810. The molecule has 3 rings (SSSR count). The van der Waals surface area contributed by atoms with Crippen molar-refractivity contribution in [2.45, 2.75) is 25.7 Å². The third-order valence-electron chi connectivity index (χ3n) is 3.46. The number of carbonyl (C=O) groups is 1. The molecule has 1 aromatic rings. The summed E-state index contributed by atoms with van der Waals surface area (Å²) in [4.78, 5) is 12.1. The fourth-order valence-electron chi connectivity index (χ4n) is 2.27. The molecule has 17 heavy (non-hydrogen) atoms. The molecular weight excluding hydrogens is 214 g/mol. The summed E-state index contributed by atoms with van der Waals surface area (Å²) in [5.74, 6) is 1.77. The maximum atomic E-state index is 12.1. The Bertz CT molecular complexity index is 438. The number of para-hydroxylation sites is 1. The van der Waals surface area contributed by atoms with E-state index in [4.69, 9.17) is 4.74 Å². The smallest absolute Gasteiger partial charge is 0.166 e. The Hall–Kier alpha value is -1.51. The molecule has 90 valence electrons. The zero-order valence-corrected chi connectivity index (χ0v) is 9.87. The highest BCUT2D eigenvalue weighted by Crippen LogP contribution is 2.36. The van der Waals surface area contributed by atoms with Crippen molar-refractivity contribution >= 4 is 11.5 Å². The van der Waals surface area contributed by atoms with Crippen molar-refractivity contribution in [1.29, 1.82) is 0 Å². The highest BCUT2D eigenvalue weighted by Gasteiger charge is 2.24. The number of ketones is 1. The molecule has 0 unspecified atom stereocenters. The molecule has 1 fully saturated rings. The monoisotopic (exact) mass is 231 g/mol. The Morgan fingerprint density at radius 2 is 2.29 bits per heavy atom. The van der Waals surface area contributed by atoms with E-state index in [2.05, 4.69) is 5.32 Å². The number of Topliss-reactive ketones (excluding diaryl/α,β-unsaturated/α-hetero) is 1. The van der Waals surface area contributed by atoms with Crippen LogP contribution in [0.2, 0.25) is 0 Å². The largest absolute Gasteiger partial charge is 0.489 e. The zero-order chi connectivity index (χ0) is 11.7. The molecule has 0 atom stereocenters. The first-order valence-corrected chi connectivity index (χ1v) is 6.37. The van der Waals surface area contributed by atoms with Crippen LogP contribution in [-0.2, 0) is 0 Å². The number of anilines is 1. The maximum Gasteiger partial charge on any atom is 0.166 e. The van der Waals surface area contributed by atoms with Crippen molar-refractivity contribution in [1.82, 2.24) is 0 Å². The predicted octanol–water partition coefficient (Wildman–Crippen LogP) is 2.86. The van der Waals surface area contributed by atoms with Gasteiger partial charge in [0.05, 0.1) is 11.3 Å². The molecule has 0 aromatic heterocycles. The van der Waals surface area contributed by atoms with E-state index in [0.717, 1.165) is 35.9 Å². The van der Waals surface area contributed by atoms with Crippen LogP contribution in [0.4, 0.5) is 5.69 Å². The molecule has 0 bridgehead atoms. The Labute approximate surface area is 101 Å². The predicted molar refractivity (Wildman–Crippen MR) is 66.7 cm³/mol. The van der Waals surface area contributed by atoms with Gasteiger partial charge in [0.25, 0.3) is 0 Å². The number of ether oxygens (including phenoxy) is 1. The van der Waals surface area contributed by atoms with Gasteiger partial charge in [-0.05, 0) is 24.5 Å². The molecule has 0 amide bonds. The second-order valence-electron chi connectivity index (χ2n) is 4.86. The van der Waals surface area contributed by atoms with Crippen molar-refractivity contribution < 1.29 is 9.53 Å². The van der Waals surface area contributed by atoms with E-state index < -0.39 is 0 Å². The molecule has 0 radical (unpaired) electrons. The van der Waals surface area contributed by atoms with Gasteiger partial charge >= 0.3 is 0 Å². The van der Waals surface area contributed by atoms with Crippen LogP contribution in [0, 0.1) is 5.92 Å². The van der Waals surface area contributed by atoms with E-state index in [1.165, 1.54) is 12.8 Å². The molecule has 1 aliphatic carbocycles. The number of carbonyl (C=O) groups excluding carboxylic acids is 1. The summed E-state index contributed by atoms with van der Waals surface area (Å²) in [5, 5.41) is 3.26. The van der Waals surface area contributed by atoms with E-state index in [0.29, 0.717) is 13.0 Å². The van der Waals surface area contributed by atoms with Gasteiger partial charge in [0.2, 0.25) is 0 Å². The standard InChI is InChI=1S/C14H17NO2/c16-13(7-6-10-4-5-10)11-2-1-3-12-14(11)17-9-8-15-12/h1-3,10,15H,4-9H2. The van der Waals surface area contributed by atoms with Crippen LogP contribution < -0.4 is 10.1 Å². The number of benzene rings is 1. The molecule has 1 aliphatic heterocycles. The highest BCUT2D eigenvalue weighted by atomic mass is 16.5. The van der Waals surface area contributed by atoms with Gasteiger partial charge in [-0.25, -0.2) is 0 Å². The van der Waals surface area contributed by atoms with Crippen molar-refractivity contribution in [3.63, 3.8) is 0 Å². The minimum Gasteiger partial charge on any atom is -0.489 e. The molecule has 1 N–H and O–H groups in total. The second kappa shape index (κ2) is 4.40. The number of nitrogens with one attached hydrogen (secondary N) is 1. The van der Waals surface area contributed by atoms with Crippen LogP contribution >= 0.6 is 0 Å². The molecule has 1 heterocycles. The maximum absolute atomic E-state index is 12.1. The van der Waals surface area contributed by atoms with E-state index in [1.54, 1.807) is 0 Å². The zero-order valence-electron chi connectivity index (χ0n) is 9.87. The summed E-state index contributed by atoms with van der Waals surface area (Å²) in [5.41, 5.74) is 1.70. The van der Waals surface area contributed by atoms with Gasteiger partial charge < -0.3 is 10.1 Å². The first-order valence-electron chi connectivity index (χ1n) is 6.37. The van der Waals surface area contributed by atoms with Crippen LogP contribution in [0.25, 0.3) is 0 Å². The molecular formula is C14H17NO2. The minimum absolute atomic E-state index is 0.220. The Kier molecular flexibility index (Phi) is 2.75. The van der Waals surface area contributed by atoms with Crippen LogP contribution in [-0.4, -0.2) is 18.9 Å². The van der Waals surface area contributed by atoms with E-state index >= 15 is 0 Å². The Balaban J connectivity index is 1.78. The number of fused-ring (bicyclic) bond motifs is 1. The Morgan fingerprint density at radius 3 is 3.12 bits per heavy atom. The van der Waals surface area contributed by atoms with Crippen LogP contribution in [0.15, 0.2) is 18.2 Å². The van der Waals surface area contributed by atoms with Gasteiger partial charge in [0.1, 0.15) is 6.61 Å². The van der Waals surface area contributed by atoms with Gasteiger partial charge in [0, 0.05) is 13.0 Å². The van der Waals surface area contributed by atoms with E-state index in [9.17, 15) is 4.79 Å².